The number of halogens is 3. The number of carbonyl (C=O) groups excluding carboxylic acids is 2. The summed E-state index contributed by atoms with van der Waals surface area (Å²) >= 11 is 0. The van der Waals surface area contributed by atoms with Gasteiger partial charge in [-0.15, -0.1) is 13.2 Å². The molecular formula is C25H20F3NO6. The van der Waals surface area contributed by atoms with E-state index in [-0.39, 0.29) is 22.6 Å². The molecule has 1 N–H and O–H groups in total. The van der Waals surface area contributed by atoms with E-state index in [4.69, 9.17) is 9.15 Å². The molecule has 3 aromatic rings. The zero-order valence-corrected chi connectivity index (χ0v) is 18.6. The molecule has 10 heteroatoms. The molecular weight excluding hydrogens is 467 g/mol. The summed E-state index contributed by atoms with van der Waals surface area (Å²) < 4.78 is 52.5. The number of ketones is 1. The monoisotopic (exact) mass is 487 g/mol. The number of benzene rings is 2. The van der Waals surface area contributed by atoms with Crippen molar-refractivity contribution in [1.82, 2.24) is 0 Å². The SMILES string of the molecule is CCOc1ccc(/C(O)=C2/C(=O)C(=O)N(c3ccc(OC(F)(F)F)cc3)C2c2ccc(C)o2)cc1. The molecule has 1 fully saturated rings. The Labute approximate surface area is 198 Å². The number of rotatable bonds is 6. The van der Waals surface area contributed by atoms with E-state index in [1.165, 1.54) is 12.1 Å². The molecule has 1 aliphatic rings. The van der Waals surface area contributed by atoms with Gasteiger partial charge in [-0.3, -0.25) is 14.5 Å². The zero-order chi connectivity index (χ0) is 25.3. The number of carbonyl (C=O) groups is 2. The first-order valence-corrected chi connectivity index (χ1v) is 10.6. The second-order valence-electron chi connectivity index (χ2n) is 7.62. The molecule has 0 aliphatic carbocycles. The highest BCUT2D eigenvalue weighted by Crippen LogP contribution is 2.43. The maximum absolute atomic E-state index is 13.1. The molecule has 1 saturated heterocycles. The Morgan fingerprint density at radius 2 is 1.63 bits per heavy atom. The van der Waals surface area contributed by atoms with Crippen LogP contribution in [0.25, 0.3) is 5.76 Å². The summed E-state index contributed by atoms with van der Waals surface area (Å²) in [5, 5.41) is 11.1. The van der Waals surface area contributed by atoms with Crippen molar-refractivity contribution in [2.45, 2.75) is 26.3 Å². The molecule has 1 amide bonds. The molecule has 1 aromatic heterocycles. The van der Waals surface area contributed by atoms with Gasteiger partial charge in [-0.1, -0.05) is 0 Å². The summed E-state index contributed by atoms with van der Waals surface area (Å²) in [4.78, 5) is 27.2. The van der Waals surface area contributed by atoms with E-state index in [0.717, 1.165) is 17.0 Å². The molecule has 2 aromatic carbocycles. The van der Waals surface area contributed by atoms with Crippen molar-refractivity contribution < 1.29 is 41.8 Å². The van der Waals surface area contributed by atoms with Gasteiger partial charge in [0, 0.05) is 11.3 Å². The fraction of sp³-hybridized carbons (Fsp3) is 0.200. The average molecular weight is 487 g/mol. The lowest BCUT2D eigenvalue weighted by molar-refractivity contribution is -0.274. The van der Waals surface area contributed by atoms with Crippen LogP contribution in [-0.4, -0.2) is 29.8 Å². The van der Waals surface area contributed by atoms with Gasteiger partial charge in [0.05, 0.1) is 12.2 Å². The van der Waals surface area contributed by atoms with Gasteiger partial charge in [-0.25, -0.2) is 0 Å². The summed E-state index contributed by atoms with van der Waals surface area (Å²) in [6.07, 6.45) is -4.88. The molecule has 35 heavy (non-hydrogen) atoms. The lowest BCUT2D eigenvalue weighted by atomic mass is 9.99. The van der Waals surface area contributed by atoms with Gasteiger partial charge in [-0.2, -0.15) is 0 Å². The van der Waals surface area contributed by atoms with Crippen LogP contribution in [-0.2, 0) is 9.59 Å². The third kappa shape index (κ3) is 4.86. The third-order valence-electron chi connectivity index (χ3n) is 5.26. The summed E-state index contributed by atoms with van der Waals surface area (Å²) in [7, 11) is 0. The van der Waals surface area contributed by atoms with Crippen LogP contribution in [0.1, 0.15) is 30.0 Å². The van der Waals surface area contributed by atoms with Crippen LogP contribution >= 0.6 is 0 Å². The lowest BCUT2D eigenvalue weighted by Gasteiger charge is -2.23. The first-order valence-electron chi connectivity index (χ1n) is 10.6. The first kappa shape index (κ1) is 23.9. The number of anilines is 1. The van der Waals surface area contributed by atoms with Crippen LogP contribution in [0.15, 0.2) is 70.7 Å². The maximum atomic E-state index is 13.1. The molecule has 0 radical (unpaired) electrons. The van der Waals surface area contributed by atoms with Gasteiger partial charge in [0.2, 0.25) is 0 Å². The number of aliphatic hydroxyl groups excluding tert-OH is 1. The van der Waals surface area contributed by atoms with Gasteiger partial charge in [-0.05, 0) is 74.5 Å². The highest BCUT2D eigenvalue weighted by atomic mass is 19.4. The van der Waals surface area contributed by atoms with Crippen molar-refractivity contribution in [2.75, 3.05) is 11.5 Å². The average Bonchev–Trinajstić information content (AvgIpc) is 3.34. The second-order valence-corrected chi connectivity index (χ2v) is 7.62. The number of aryl methyl sites for hydroxylation is 1. The molecule has 4 rings (SSSR count). The Kier molecular flexibility index (Phi) is 6.29. The fourth-order valence-corrected chi connectivity index (χ4v) is 3.81. The van der Waals surface area contributed by atoms with Crippen LogP contribution in [0.5, 0.6) is 11.5 Å². The number of alkyl halides is 3. The predicted octanol–water partition coefficient (Wildman–Crippen LogP) is 5.51. The van der Waals surface area contributed by atoms with E-state index in [2.05, 4.69) is 4.74 Å². The number of aliphatic hydroxyl groups is 1. The molecule has 0 spiro atoms. The lowest BCUT2D eigenvalue weighted by Crippen LogP contribution is -2.29. The number of hydrogen-bond acceptors (Lipinski definition) is 6. The quantitative estimate of drug-likeness (QED) is 0.280. The molecule has 7 nitrogen and oxygen atoms in total. The van der Waals surface area contributed by atoms with Gasteiger partial charge in [0.15, 0.2) is 0 Å². The number of nitrogens with zero attached hydrogens (tertiary/aromatic N) is 1. The smallest absolute Gasteiger partial charge is 0.507 e. The van der Waals surface area contributed by atoms with Crippen LogP contribution in [0.3, 0.4) is 0 Å². The number of ether oxygens (including phenoxy) is 2. The predicted molar refractivity (Wildman–Crippen MR) is 119 cm³/mol. The van der Waals surface area contributed by atoms with E-state index in [1.807, 2.05) is 6.92 Å². The molecule has 182 valence electrons. The molecule has 0 saturated carbocycles. The van der Waals surface area contributed by atoms with Gasteiger partial charge in [0.1, 0.15) is 34.8 Å². The summed E-state index contributed by atoms with van der Waals surface area (Å²) in [6, 6.07) is 12.8. The Balaban J connectivity index is 1.80. The van der Waals surface area contributed by atoms with Crippen LogP contribution < -0.4 is 14.4 Å². The molecule has 2 heterocycles. The minimum atomic E-state index is -4.88. The number of furan rings is 1. The zero-order valence-electron chi connectivity index (χ0n) is 18.6. The normalized spacial score (nSPS) is 17.6. The van der Waals surface area contributed by atoms with Crippen molar-refractivity contribution in [3.63, 3.8) is 0 Å². The largest absolute Gasteiger partial charge is 0.573 e. The van der Waals surface area contributed by atoms with Crippen LogP contribution in [0, 0.1) is 6.92 Å². The summed E-state index contributed by atoms with van der Waals surface area (Å²) in [5.74, 6) is -1.59. The Morgan fingerprint density at radius 3 is 2.17 bits per heavy atom. The molecule has 0 bridgehead atoms. The highest BCUT2D eigenvalue weighted by Gasteiger charge is 2.48. The van der Waals surface area contributed by atoms with Crippen molar-refractivity contribution in [1.29, 1.82) is 0 Å². The van der Waals surface area contributed by atoms with Gasteiger partial charge >= 0.3 is 6.36 Å². The van der Waals surface area contributed by atoms with Crippen LogP contribution in [0.4, 0.5) is 18.9 Å². The van der Waals surface area contributed by atoms with Crippen molar-refractivity contribution in [3.05, 3.63) is 83.3 Å². The Bertz CT molecular complexity index is 1280. The van der Waals surface area contributed by atoms with E-state index < -0.39 is 35.6 Å². The molecule has 1 unspecified atom stereocenters. The van der Waals surface area contributed by atoms with E-state index >= 15 is 0 Å². The van der Waals surface area contributed by atoms with E-state index in [1.54, 1.807) is 43.3 Å². The topological polar surface area (TPSA) is 89.2 Å². The van der Waals surface area contributed by atoms with Crippen molar-refractivity contribution in [2.24, 2.45) is 0 Å². The van der Waals surface area contributed by atoms with Gasteiger partial charge < -0.3 is 19.0 Å². The maximum Gasteiger partial charge on any atom is 0.573 e. The third-order valence-corrected chi connectivity index (χ3v) is 5.26. The first-order chi connectivity index (χ1) is 16.6. The van der Waals surface area contributed by atoms with Crippen molar-refractivity contribution >= 4 is 23.1 Å². The van der Waals surface area contributed by atoms with Crippen LogP contribution in [0.2, 0.25) is 0 Å². The number of hydrogen-bond donors (Lipinski definition) is 1. The van der Waals surface area contributed by atoms with Crippen molar-refractivity contribution in [3.8, 4) is 11.5 Å². The molecule has 1 aliphatic heterocycles. The standard InChI is InChI=1S/C25H20F3NO6/c1-3-33-17-9-5-15(6-10-17)22(30)20-21(19-13-4-14(2)34-19)29(24(32)23(20)31)16-7-11-18(12-8-16)35-25(26,27)28/h4-13,21,30H,3H2,1-2H3/b22-20-. The second kappa shape index (κ2) is 9.21. The fourth-order valence-electron chi connectivity index (χ4n) is 3.81. The minimum absolute atomic E-state index is 0.117. The number of Topliss-reactive ketones (excluding diaryl/α,β-unsaturated/α-hetero) is 1. The molecule has 1 atom stereocenters. The summed E-state index contributed by atoms with van der Waals surface area (Å²) in [5.41, 5.74) is 0.171. The Hall–Kier alpha value is -4.21. The summed E-state index contributed by atoms with van der Waals surface area (Å²) in [6.45, 7) is 3.94. The van der Waals surface area contributed by atoms with Gasteiger partial charge in [0.25, 0.3) is 11.7 Å². The van der Waals surface area contributed by atoms with E-state index in [0.29, 0.717) is 18.1 Å². The highest BCUT2D eigenvalue weighted by molar-refractivity contribution is 6.51. The van der Waals surface area contributed by atoms with E-state index in [9.17, 15) is 27.9 Å². The Morgan fingerprint density at radius 1 is 1.00 bits per heavy atom. The number of amides is 1. The minimum Gasteiger partial charge on any atom is -0.507 e.